The summed E-state index contributed by atoms with van der Waals surface area (Å²) in [6, 6.07) is 17.3. The van der Waals surface area contributed by atoms with Crippen LogP contribution in [-0.2, 0) is 19.7 Å². The van der Waals surface area contributed by atoms with E-state index in [2.05, 4.69) is 5.32 Å². The van der Waals surface area contributed by atoms with Gasteiger partial charge in [-0.25, -0.2) is 0 Å². The van der Waals surface area contributed by atoms with Gasteiger partial charge in [0.1, 0.15) is 6.61 Å². The Morgan fingerprint density at radius 3 is 2.42 bits per heavy atom. The maximum absolute atomic E-state index is 6.24. The van der Waals surface area contributed by atoms with Crippen LogP contribution in [0.2, 0.25) is 10.0 Å². The van der Waals surface area contributed by atoms with Crippen molar-refractivity contribution in [2.75, 3.05) is 13.4 Å². The number of nitrogens with one attached hydrogen (secondary N) is 1. The van der Waals surface area contributed by atoms with Crippen molar-refractivity contribution in [1.29, 1.82) is 0 Å². The molecule has 31 heavy (non-hydrogen) atoms. The lowest BCUT2D eigenvalue weighted by Gasteiger charge is -2.14. The topological polar surface area (TPSA) is 49.0 Å². The molecule has 1 aliphatic heterocycles. The van der Waals surface area contributed by atoms with E-state index in [1.165, 1.54) is 0 Å². The molecule has 0 fully saturated rings. The third-order valence-electron chi connectivity index (χ3n) is 4.80. The number of rotatable bonds is 9. The first-order valence-electron chi connectivity index (χ1n) is 10.0. The molecule has 0 bridgehead atoms. The Morgan fingerprint density at radius 2 is 1.61 bits per heavy atom. The molecule has 4 rings (SSSR count). The summed E-state index contributed by atoms with van der Waals surface area (Å²) >= 11 is 12.2. The molecule has 0 aromatic heterocycles. The minimum atomic E-state index is 0.283. The monoisotopic (exact) mass is 459 g/mol. The maximum Gasteiger partial charge on any atom is 0.231 e. The van der Waals surface area contributed by atoms with Crippen LogP contribution in [0.25, 0.3) is 0 Å². The summed E-state index contributed by atoms with van der Waals surface area (Å²) in [7, 11) is 0. The normalized spacial score (nSPS) is 12.1. The zero-order valence-electron chi connectivity index (χ0n) is 17.1. The second-order valence-electron chi connectivity index (χ2n) is 7.03. The van der Waals surface area contributed by atoms with E-state index >= 15 is 0 Å². The van der Waals surface area contributed by atoms with Crippen molar-refractivity contribution in [3.8, 4) is 23.0 Å². The number of fused-ring (bicyclic) bond motifs is 1. The van der Waals surface area contributed by atoms with Gasteiger partial charge in [-0.2, -0.15) is 0 Å². The van der Waals surface area contributed by atoms with E-state index in [4.69, 9.17) is 42.1 Å². The largest absolute Gasteiger partial charge is 0.490 e. The Hall–Kier alpha value is -2.60. The number of ether oxygens (including phenoxy) is 4. The maximum atomic E-state index is 6.24. The molecule has 0 spiro atoms. The van der Waals surface area contributed by atoms with Crippen LogP contribution < -0.4 is 24.3 Å². The summed E-state index contributed by atoms with van der Waals surface area (Å²) < 4.78 is 22.5. The minimum absolute atomic E-state index is 0.283. The molecule has 1 aliphatic rings. The van der Waals surface area contributed by atoms with Crippen LogP contribution in [0.4, 0.5) is 0 Å². The van der Waals surface area contributed by atoms with Crippen LogP contribution in [0.5, 0.6) is 23.0 Å². The zero-order valence-corrected chi connectivity index (χ0v) is 18.6. The molecule has 0 saturated carbocycles. The van der Waals surface area contributed by atoms with Crippen molar-refractivity contribution in [2.24, 2.45) is 0 Å². The fourth-order valence-electron chi connectivity index (χ4n) is 3.25. The molecule has 3 aromatic carbocycles. The van der Waals surface area contributed by atoms with E-state index in [0.717, 1.165) is 28.2 Å². The molecule has 162 valence electrons. The van der Waals surface area contributed by atoms with E-state index in [1.54, 1.807) is 12.1 Å². The molecule has 3 aromatic rings. The molecule has 1 N–H and O–H groups in total. The Labute approximate surface area is 191 Å². The van der Waals surface area contributed by atoms with Gasteiger partial charge in [0.15, 0.2) is 23.0 Å². The van der Waals surface area contributed by atoms with Gasteiger partial charge in [-0.3, -0.25) is 0 Å². The average Bonchev–Trinajstić information content (AvgIpc) is 3.22. The van der Waals surface area contributed by atoms with Crippen LogP contribution in [0.1, 0.15) is 23.6 Å². The molecule has 0 atom stereocenters. The smallest absolute Gasteiger partial charge is 0.231 e. The van der Waals surface area contributed by atoms with Gasteiger partial charge < -0.3 is 24.3 Å². The average molecular weight is 460 g/mol. The SMILES string of the molecule is CCOc1cc(CNCc2ccc3c(c2)OCO3)ccc1OCc1ccc(Cl)cc1Cl. The fourth-order valence-corrected chi connectivity index (χ4v) is 3.71. The van der Waals surface area contributed by atoms with E-state index in [1.807, 2.05) is 49.4 Å². The summed E-state index contributed by atoms with van der Waals surface area (Å²) in [5.74, 6) is 2.96. The Bertz CT molecular complexity index is 1060. The van der Waals surface area contributed by atoms with Gasteiger partial charge in [-0.1, -0.05) is 41.4 Å². The van der Waals surface area contributed by atoms with Crippen molar-refractivity contribution in [1.82, 2.24) is 5.32 Å². The molecule has 7 heteroatoms. The Kier molecular flexibility index (Phi) is 7.07. The van der Waals surface area contributed by atoms with Gasteiger partial charge in [0.05, 0.1) is 6.61 Å². The summed E-state index contributed by atoms with van der Waals surface area (Å²) in [4.78, 5) is 0. The predicted molar refractivity (Wildman–Crippen MR) is 122 cm³/mol. The van der Waals surface area contributed by atoms with Gasteiger partial charge in [-0.15, -0.1) is 0 Å². The van der Waals surface area contributed by atoms with E-state index < -0.39 is 0 Å². The number of hydrogen-bond donors (Lipinski definition) is 1. The molecular weight excluding hydrogens is 437 g/mol. The molecule has 1 heterocycles. The second kappa shape index (κ2) is 10.1. The molecule has 0 radical (unpaired) electrons. The highest BCUT2D eigenvalue weighted by Crippen LogP contribution is 2.33. The summed E-state index contributed by atoms with van der Waals surface area (Å²) in [6.45, 7) is 4.52. The molecule has 0 aliphatic carbocycles. The zero-order chi connectivity index (χ0) is 21.6. The van der Waals surface area contributed by atoms with Crippen molar-refractivity contribution in [3.05, 3.63) is 81.3 Å². The molecule has 0 unspecified atom stereocenters. The van der Waals surface area contributed by atoms with Crippen molar-refractivity contribution >= 4 is 23.2 Å². The van der Waals surface area contributed by atoms with Crippen LogP contribution in [0, 0.1) is 0 Å². The lowest BCUT2D eigenvalue weighted by molar-refractivity contribution is 0.174. The lowest BCUT2D eigenvalue weighted by Crippen LogP contribution is -2.13. The van der Waals surface area contributed by atoms with Gasteiger partial charge >= 0.3 is 0 Å². The highest BCUT2D eigenvalue weighted by Gasteiger charge is 2.13. The summed E-state index contributed by atoms with van der Waals surface area (Å²) in [5.41, 5.74) is 3.10. The molecule has 0 amide bonds. The number of benzene rings is 3. The first kappa shape index (κ1) is 21.6. The third-order valence-corrected chi connectivity index (χ3v) is 5.39. The fraction of sp³-hybridized carbons (Fsp3) is 0.250. The van der Waals surface area contributed by atoms with Crippen LogP contribution in [0.15, 0.2) is 54.6 Å². The van der Waals surface area contributed by atoms with Gasteiger partial charge in [0.2, 0.25) is 6.79 Å². The van der Waals surface area contributed by atoms with Crippen molar-refractivity contribution in [2.45, 2.75) is 26.6 Å². The number of hydrogen-bond acceptors (Lipinski definition) is 5. The van der Waals surface area contributed by atoms with Crippen LogP contribution >= 0.6 is 23.2 Å². The molecular formula is C24H23Cl2NO4. The van der Waals surface area contributed by atoms with E-state index in [-0.39, 0.29) is 6.79 Å². The van der Waals surface area contributed by atoms with Gasteiger partial charge in [0.25, 0.3) is 0 Å². The van der Waals surface area contributed by atoms with E-state index in [9.17, 15) is 0 Å². The highest BCUT2D eigenvalue weighted by molar-refractivity contribution is 6.35. The lowest BCUT2D eigenvalue weighted by atomic mass is 10.1. The van der Waals surface area contributed by atoms with Crippen LogP contribution in [-0.4, -0.2) is 13.4 Å². The van der Waals surface area contributed by atoms with Gasteiger partial charge in [-0.05, 0) is 54.4 Å². The third kappa shape index (κ3) is 5.56. The predicted octanol–water partition coefficient (Wildman–Crippen LogP) is 5.99. The quantitative estimate of drug-likeness (QED) is 0.425. The Balaban J connectivity index is 1.37. The Morgan fingerprint density at radius 1 is 0.839 bits per heavy atom. The van der Waals surface area contributed by atoms with Crippen LogP contribution in [0.3, 0.4) is 0 Å². The van der Waals surface area contributed by atoms with Gasteiger partial charge in [0, 0.05) is 28.7 Å². The molecule has 0 saturated heterocycles. The minimum Gasteiger partial charge on any atom is -0.490 e. The summed E-state index contributed by atoms with van der Waals surface area (Å²) in [6.07, 6.45) is 0. The van der Waals surface area contributed by atoms with Crippen molar-refractivity contribution < 1.29 is 18.9 Å². The summed E-state index contributed by atoms with van der Waals surface area (Å²) in [5, 5.41) is 4.62. The first-order chi connectivity index (χ1) is 15.1. The molecule has 5 nitrogen and oxygen atoms in total. The van der Waals surface area contributed by atoms with Crippen molar-refractivity contribution in [3.63, 3.8) is 0 Å². The second-order valence-corrected chi connectivity index (χ2v) is 7.87. The highest BCUT2D eigenvalue weighted by atomic mass is 35.5. The standard InChI is InChI=1S/C24H23Cl2NO4/c1-2-28-23-9-16(12-27-13-17-4-8-22-24(10-17)31-15-30-22)3-7-21(23)29-14-18-5-6-19(25)11-20(18)26/h3-11,27H,2,12-15H2,1H3. The first-order valence-corrected chi connectivity index (χ1v) is 10.8. The van der Waals surface area contributed by atoms with E-state index in [0.29, 0.717) is 47.8 Å². The number of halogens is 2.